The van der Waals surface area contributed by atoms with Gasteiger partial charge in [0.15, 0.2) is 0 Å². The molecule has 0 aliphatic heterocycles. The largest absolute Gasteiger partial charge is 0.382 e. The Kier molecular flexibility index (Phi) is 25.5. The van der Waals surface area contributed by atoms with E-state index in [1.54, 1.807) is 14.2 Å². The standard InChI is InChI=1S/C22H47NO6/c1-4-5-6-7-8-9-10-23(11-13-26-19-21-28-17-15-24-2)12-14-27-20-22-29-18-16-25-3/h4-22H2,1-3H3. The Morgan fingerprint density at radius 2 is 0.862 bits per heavy atom. The van der Waals surface area contributed by atoms with Gasteiger partial charge in [0.05, 0.1) is 66.1 Å². The molecule has 7 nitrogen and oxygen atoms in total. The molecule has 176 valence electrons. The van der Waals surface area contributed by atoms with E-state index in [-0.39, 0.29) is 0 Å². The highest BCUT2D eigenvalue weighted by Gasteiger charge is 2.05. The fraction of sp³-hybridized carbons (Fsp3) is 1.00. The van der Waals surface area contributed by atoms with Crippen LogP contribution < -0.4 is 0 Å². The summed E-state index contributed by atoms with van der Waals surface area (Å²) in [6.45, 7) is 11.7. The molecule has 0 aliphatic carbocycles. The van der Waals surface area contributed by atoms with Crippen LogP contribution in [0, 0.1) is 0 Å². The predicted octanol–water partition coefficient (Wildman–Crippen LogP) is 3.01. The number of ether oxygens (including phenoxy) is 6. The summed E-state index contributed by atoms with van der Waals surface area (Å²) in [7, 11) is 3.35. The van der Waals surface area contributed by atoms with E-state index in [1.807, 2.05) is 0 Å². The molecule has 0 heterocycles. The number of unbranched alkanes of at least 4 members (excludes halogenated alkanes) is 5. The molecular weight excluding hydrogens is 374 g/mol. The second-order valence-electron chi connectivity index (χ2n) is 7.04. The van der Waals surface area contributed by atoms with Gasteiger partial charge in [-0.15, -0.1) is 0 Å². The van der Waals surface area contributed by atoms with Crippen LogP contribution in [0.5, 0.6) is 0 Å². The smallest absolute Gasteiger partial charge is 0.0701 e. The van der Waals surface area contributed by atoms with Gasteiger partial charge < -0.3 is 28.4 Å². The third kappa shape index (κ3) is 23.9. The second kappa shape index (κ2) is 25.8. The Bertz CT molecular complexity index is 276. The van der Waals surface area contributed by atoms with E-state index in [0.717, 1.165) is 32.8 Å². The van der Waals surface area contributed by atoms with E-state index in [9.17, 15) is 0 Å². The zero-order valence-corrected chi connectivity index (χ0v) is 19.3. The summed E-state index contributed by atoms with van der Waals surface area (Å²) in [5, 5.41) is 0. The van der Waals surface area contributed by atoms with Crippen molar-refractivity contribution in [1.29, 1.82) is 0 Å². The van der Waals surface area contributed by atoms with Crippen molar-refractivity contribution in [3.63, 3.8) is 0 Å². The molecule has 0 saturated heterocycles. The normalized spacial score (nSPS) is 11.6. The van der Waals surface area contributed by atoms with E-state index in [4.69, 9.17) is 28.4 Å². The highest BCUT2D eigenvalue weighted by atomic mass is 16.5. The molecule has 0 aliphatic rings. The number of nitrogens with zero attached hydrogens (tertiary/aromatic N) is 1. The predicted molar refractivity (Wildman–Crippen MR) is 117 cm³/mol. The minimum Gasteiger partial charge on any atom is -0.382 e. The Balaban J connectivity index is 3.79. The summed E-state index contributed by atoms with van der Waals surface area (Å²) in [6.07, 6.45) is 7.89. The minimum absolute atomic E-state index is 0.618. The van der Waals surface area contributed by atoms with Crippen LogP contribution in [-0.2, 0) is 28.4 Å². The zero-order valence-electron chi connectivity index (χ0n) is 19.3. The topological polar surface area (TPSA) is 58.6 Å². The molecule has 0 aromatic heterocycles. The van der Waals surface area contributed by atoms with Crippen LogP contribution in [0.4, 0.5) is 0 Å². The van der Waals surface area contributed by atoms with E-state index < -0.39 is 0 Å². The van der Waals surface area contributed by atoms with Crippen LogP contribution >= 0.6 is 0 Å². The number of methoxy groups -OCH3 is 2. The number of hydrogen-bond acceptors (Lipinski definition) is 7. The van der Waals surface area contributed by atoms with Gasteiger partial charge in [-0.1, -0.05) is 39.0 Å². The molecule has 0 aromatic rings. The summed E-state index contributed by atoms with van der Waals surface area (Å²) in [4.78, 5) is 2.44. The maximum atomic E-state index is 5.71. The summed E-state index contributed by atoms with van der Waals surface area (Å²) < 4.78 is 32.1. The van der Waals surface area contributed by atoms with Gasteiger partial charge in [-0.05, 0) is 13.0 Å². The first kappa shape index (κ1) is 28.7. The lowest BCUT2D eigenvalue weighted by molar-refractivity contribution is 0.00922. The monoisotopic (exact) mass is 421 g/mol. The molecule has 0 saturated carbocycles. The van der Waals surface area contributed by atoms with Gasteiger partial charge in [0.1, 0.15) is 0 Å². The fourth-order valence-corrected chi connectivity index (χ4v) is 2.77. The average molecular weight is 422 g/mol. The van der Waals surface area contributed by atoms with E-state index in [1.165, 1.54) is 38.5 Å². The minimum atomic E-state index is 0.618. The van der Waals surface area contributed by atoms with Gasteiger partial charge >= 0.3 is 0 Å². The van der Waals surface area contributed by atoms with E-state index >= 15 is 0 Å². The lowest BCUT2D eigenvalue weighted by Gasteiger charge is -2.22. The van der Waals surface area contributed by atoms with Crippen molar-refractivity contribution in [2.24, 2.45) is 0 Å². The van der Waals surface area contributed by atoms with Crippen molar-refractivity contribution in [1.82, 2.24) is 4.90 Å². The maximum Gasteiger partial charge on any atom is 0.0701 e. The van der Waals surface area contributed by atoms with Crippen LogP contribution in [0.3, 0.4) is 0 Å². The lowest BCUT2D eigenvalue weighted by Crippen LogP contribution is -2.32. The Labute approximate surface area is 179 Å². The molecule has 29 heavy (non-hydrogen) atoms. The lowest BCUT2D eigenvalue weighted by atomic mass is 10.1. The second-order valence-corrected chi connectivity index (χ2v) is 7.04. The van der Waals surface area contributed by atoms with Gasteiger partial charge in [0.25, 0.3) is 0 Å². The highest BCUT2D eigenvalue weighted by molar-refractivity contribution is 4.58. The molecular formula is C22H47NO6. The van der Waals surface area contributed by atoms with E-state index in [2.05, 4.69) is 11.8 Å². The SMILES string of the molecule is CCCCCCCCN(CCOCCOCCOC)CCOCCOCCOC. The van der Waals surface area contributed by atoms with Gasteiger partial charge in [-0.2, -0.15) is 0 Å². The maximum absolute atomic E-state index is 5.71. The molecule has 7 heteroatoms. The Morgan fingerprint density at radius 3 is 1.34 bits per heavy atom. The molecule has 0 N–H and O–H groups in total. The molecule has 0 unspecified atom stereocenters. The molecule has 0 amide bonds. The first-order chi connectivity index (χ1) is 14.3. The van der Waals surface area contributed by atoms with Gasteiger partial charge in [-0.3, -0.25) is 4.90 Å². The van der Waals surface area contributed by atoms with Crippen LogP contribution in [-0.4, -0.2) is 105 Å². The van der Waals surface area contributed by atoms with Crippen LogP contribution in [0.25, 0.3) is 0 Å². The van der Waals surface area contributed by atoms with Gasteiger partial charge in [-0.25, -0.2) is 0 Å². The van der Waals surface area contributed by atoms with Gasteiger partial charge in [0, 0.05) is 27.3 Å². The molecule has 0 rings (SSSR count). The average Bonchev–Trinajstić information content (AvgIpc) is 2.73. The highest BCUT2D eigenvalue weighted by Crippen LogP contribution is 2.06. The summed E-state index contributed by atoms with van der Waals surface area (Å²) >= 11 is 0. The van der Waals surface area contributed by atoms with E-state index in [0.29, 0.717) is 52.9 Å². The van der Waals surface area contributed by atoms with Crippen molar-refractivity contribution in [2.45, 2.75) is 45.4 Å². The van der Waals surface area contributed by atoms with Crippen molar-refractivity contribution in [3.05, 3.63) is 0 Å². The van der Waals surface area contributed by atoms with Crippen molar-refractivity contribution in [2.75, 3.05) is 99.9 Å². The zero-order chi connectivity index (χ0) is 21.3. The van der Waals surface area contributed by atoms with Gasteiger partial charge in [0.2, 0.25) is 0 Å². The summed E-state index contributed by atoms with van der Waals surface area (Å²) in [6, 6.07) is 0. The molecule has 0 radical (unpaired) electrons. The van der Waals surface area contributed by atoms with Crippen molar-refractivity contribution < 1.29 is 28.4 Å². The third-order valence-corrected chi connectivity index (χ3v) is 4.54. The molecule has 0 fully saturated rings. The van der Waals surface area contributed by atoms with Crippen LogP contribution in [0.2, 0.25) is 0 Å². The van der Waals surface area contributed by atoms with Crippen LogP contribution in [0.15, 0.2) is 0 Å². The van der Waals surface area contributed by atoms with Crippen LogP contribution in [0.1, 0.15) is 45.4 Å². The first-order valence-electron chi connectivity index (χ1n) is 11.4. The van der Waals surface area contributed by atoms with Crippen molar-refractivity contribution in [3.8, 4) is 0 Å². The molecule has 0 spiro atoms. The fourth-order valence-electron chi connectivity index (χ4n) is 2.77. The Morgan fingerprint density at radius 1 is 0.448 bits per heavy atom. The summed E-state index contributed by atoms with van der Waals surface area (Å²) in [5.41, 5.74) is 0. The molecule has 0 bridgehead atoms. The third-order valence-electron chi connectivity index (χ3n) is 4.54. The summed E-state index contributed by atoms with van der Waals surface area (Å²) in [5.74, 6) is 0. The molecule has 0 atom stereocenters. The quantitative estimate of drug-likeness (QED) is 0.210. The first-order valence-corrected chi connectivity index (χ1v) is 11.4. The Hall–Kier alpha value is -0.280. The number of hydrogen-bond donors (Lipinski definition) is 0. The molecule has 0 aromatic carbocycles. The number of rotatable bonds is 25. The van der Waals surface area contributed by atoms with Crippen molar-refractivity contribution >= 4 is 0 Å².